The van der Waals surface area contributed by atoms with Crippen LogP contribution in [0, 0.1) is 0 Å². The molecule has 0 aliphatic rings. The van der Waals surface area contributed by atoms with Crippen molar-refractivity contribution in [1.29, 1.82) is 0 Å². The normalized spacial score (nSPS) is 10.0. The van der Waals surface area contributed by atoms with Crippen LogP contribution >= 0.6 is 27.7 Å². The van der Waals surface area contributed by atoms with Crippen molar-refractivity contribution in [3.8, 4) is 0 Å². The molecule has 0 spiro atoms. The van der Waals surface area contributed by atoms with Crippen LogP contribution in [0.5, 0.6) is 0 Å². The van der Waals surface area contributed by atoms with Crippen molar-refractivity contribution in [2.75, 3.05) is 18.0 Å². The van der Waals surface area contributed by atoms with Crippen molar-refractivity contribution in [2.24, 2.45) is 0 Å². The van der Waals surface area contributed by atoms with E-state index in [-0.39, 0.29) is 5.91 Å². The largest absolute Gasteiger partial charge is 0.398 e. The van der Waals surface area contributed by atoms with Crippen LogP contribution in [-0.4, -0.2) is 18.2 Å². The van der Waals surface area contributed by atoms with Gasteiger partial charge in [-0.15, -0.1) is 11.8 Å². The number of halogens is 1. The van der Waals surface area contributed by atoms with Gasteiger partial charge in [-0.3, -0.25) is 4.79 Å². The molecule has 0 saturated carbocycles. The first kappa shape index (κ1) is 12.4. The molecule has 0 unspecified atom stereocenters. The van der Waals surface area contributed by atoms with Gasteiger partial charge in [0.25, 0.3) is 0 Å². The molecule has 1 amide bonds. The monoisotopic (exact) mass is 288 g/mol. The van der Waals surface area contributed by atoms with Crippen LogP contribution in [0.25, 0.3) is 0 Å². The highest BCUT2D eigenvalue weighted by atomic mass is 79.9. The van der Waals surface area contributed by atoms with Crippen molar-refractivity contribution >= 4 is 39.3 Å². The molecule has 1 aromatic carbocycles. The van der Waals surface area contributed by atoms with Crippen molar-refractivity contribution in [1.82, 2.24) is 5.32 Å². The number of anilines is 1. The first-order valence-corrected chi connectivity index (χ1v) is 6.36. The molecule has 1 rings (SSSR count). The fourth-order valence-electron chi connectivity index (χ4n) is 1.04. The number of nitrogens with two attached hydrogens (primary N) is 1. The molecule has 3 N–H and O–H groups in total. The lowest BCUT2D eigenvalue weighted by molar-refractivity contribution is -0.118. The SMILES string of the molecule is CCNC(=O)CSc1ccc(Br)cc1N. The highest BCUT2D eigenvalue weighted by Crippen LogP contribution is 2.27. The van der Waals surface area contributed by atoms with Crippen LogP contribution in [0.2, 0.25) is 0 Å². The first-order chi connectivity index (χ1) is 7.13. The number of carbonyl (C=O) groups is 1. The summed E-state index contributed by atoms with van der Waals surface area (Å²) in [5.41, 5.74) is 6.49. The van der Waals surface area contributed by atoms with Crippen molar-refractivity contribution in [2.45, 2.75) is 11.8 Å². The summed E-state index contributed by atoms with van der Waals surface area (Å²) in [4.78, 5) is 12.1. The summed E-state index contributed by atoms with van der Waals surface area (Å²) in [6.45, 7) is 2.56. The summed E-state index contributed by atoms with van der Waals surface area (Å²) in [5, 5.41) is 2.74. The molecule has 15 heavy (non-hydrogen) atoms. The third-order valence-corrected chi connectivity index (χ3v) is 3.29. The van der Waals surface area contributed by atoms with Crippen molar-refractivity contribution in [3.63, 3.8) is 0 Å². The average molecular weight is 289 g/mol. The molecule has 0 bridgehead atoms. The minimum atomic E-state index is 0.0322. The van der Waals surface area contributed by atoms with Gasteiger partial charge in [-0.05, 0) is 25.1 Å². The second-order valence-electron chi connectivity index (χ2n) is 2.92. The van der Waals surface area contributed by atoms with E-state index in [9.17, 15) is 4.79 Å². The number of carbonyl (C=O) groups excluding carboxylic acids is 1. The van der Waals surface area contributed by atoms with Crippen LogP contribution in [0.3, 0.4) is 0 Å². The molecule has 1 aromatic rings. The standard InChI is InChI=1S/C10H13BrN2OS/c1-2-13-10(14)6-15-9-4-3-7(11)5-8(9)12/h3-5H,2,6,12H2,1H3,(H,13,14). The molecule has 82 valence electrons. The van der Waals surface area contributed by atoms with Gasteiger partial charge in [-0.2, -0.15) is 0 Å². The van der Waals surface area contributed by atoms with E-state index in [1.807, 2.05) is 25.1 Å². The molecule has 0 atom stereocenters. The summed E-state index contributed by atoms with van der Waals surface area (Å²) in [6.07, 6.45) is 0. The predicted octanol–water partition coefficient (Wildman–Crippen LogP) is 2.26. The molecule has 3 nitrogen and oxygen atoms in total. The number of benzene rings is 1. The van der Waals surface area contributed by atoms with Gasteiger partial charge >= 0.3 is 0 Å². The Hall–Kier alpha value is -0.680. The Bertz CT molecular complexity index is 357. The van der Waals surface area contributed by atoms with E-state index in [1.165, 1.54) is 11.8 Å². The molecule has 0 radical (unpaired) electrons. The Morgan fingerprint density at radius 1 is 1.60 bits per heavy atom. The zero-order valence-corrected chi connectivity index (χ0v) is 10.8. The highest BCUT2D eigenvalue weighted by Gasteiger charge is 2.04. The van der Waals surface area contributed by atoms with Gasteiger partial charge in [-0.25, -0.2) is 0 Å². The fourth-order valence-corrected chi connectivity index (χ4v) is 2.20. The smallest absolute Gasteiger partial charge is 0.230 e. The van der Waals surface area contributed by atoms with Crippen LogP contribution in [0.4, 0.5) is 5.69 Å². The van der Waals surface area contributed by atoms with Gasteiger partial charge in [-0.1, -0.05) is 15.9 Å². The Balaban J connectivity index is 2.54. The van der Waals surface area contributed by atoms with E-state index in [0.717, 1.165) is 9.37 Å². The lowest BCUT2D eigenvalue weighted by Gasteiger charge is -2.05. The fraction of sp³-hybridized carbons (Fsp3) is 0.300. The number of hydrogen-bond donors (Lipinski definition) is 2. The van der Waals surface area contributed by atoms with Gasteiger partial charge in [0, 0.05) is 21.6 Å². The zero-order chi connectivity index (χ0) is 11.3. The summed E-state index contributed by atoms with van der Waals surface area (Å²) < 4.78 is 0.947. The van der Waals surface area contributed by atoms with Gasteiger partial charge < -0.3 is 11.1 Å². The van der Waals surface area contributed by atoms with Crippen LogP contribution in [0.1, 0.15) is 6.92 Å². The summed E-state index contributed by atoms with van der Waals surface area (Å²) >= 11 is 4.78. The number of hydrogen-bond acceptors (Lipinski definition) is 3. The third kappa shape index (κ3) is 4.13. The minimum Gasteiger partial charge on any atom is -0.398 e. The number of rotatable bonds is 4. The van der Waals surface area contributed by atoms with E-state index >= 15 is 0 Å². The second kappa shape index (κ2) is 6.02. The maximum Gasteiger partial charge on any atom is 0.230 e. The molecular formula is C10H13BrN2OS. The van der Waals surface area contributed by atoms with E-state index in [2.05, 4.69) is 21.2 Å². The molecule has 5 heteroatoms. The van der Waals surface area contributed by atoms with Crippen LogP contribution in [0.15, 0.2) is 27.6 Å². The second-order valence-corrected chi connectivity index (χ2v) is 4.86. The number of amides is 1. The predicted molar refractivity (Wildman–Crippen MR) is 68.0 cm³/mol. The molecule has 0 heterocycles. The van der Waals surface area contributed by atoms with E-state index < -0.39 is 0 Å². The molecule has 0 aliphatic carbocycles. The Morgan fingerprint density at radius 3 is 2.93 bits per heavy atom. The molecule has 0 aromatic heterocycles. The number of thioether (sulfide) groups is 1. The minimum absolute atomic E-state index is 0.0322. The van der Waals surface area contributed by atoms with E-state index in [0.29, 0.717) is 18.0 Å². The Kier molecular flexibility index (Phi) is 4.98. The summed E-state index contributed by atoms with van der Waals surface area (Å²) in [6, 6.07) is 5.65. The highest BCUT2D eigenvalue weighted by molar-refractivity contribution is 9.10. The van der Waals surface area contributed by atoms with Gasteiger partial charge in [0.2, 0.25) is 5.91 Å². The molecule has 0 saturated heterocycles. The van der Waals surface area contributed by atoms with Crippen molar-refractivity contribution < 1.29 is 4.79 Å². The molecular weight excluding hydrogens is 276 g/mol. The lowest BCUT2D eigenvalue weighted by Crippen LogP contribution is -2.24. The maximum atomic E-state index is 11.2. The van der Waals surface area contributed by atoms with Crippen molar-refractivity contribution in [3.05, 3.63) is 22.7 Å². The van der Waals surface area contributed by atoms with Gasteiger partial charge in [0.1, 0.15) is 0 Å². The quantitative estimate of drug-likeness (QED) is 0.660. The Morgan fingerprint density at radius 2 is 2.33 bits per heavy atom. The zero-order valence-electron chi connectivity index (χ0n) is 8.42. The third-order valence-electron chi connectivity index (χ3n) is 1.70. The topological polar surface area (TPSA) is 55.1 Å². The molecule has 0 aliphatic heterocycles. The first-order valence-electron chi connectivity index (χ1n) is 4.58. The number of nitrogens with one attached hydrogen (secondary N) is 1. The Labute approximate surface area is 102 Å². The van der Waals surface area contributed by atoms with Crippen LogP contribution < -0.4 is 11.1 Å². The van der Waals surface area contributed by atoms with E-state index in [1.54, 1.807) is 0 Å². The average Bonchev–Trinajstić information content (AvgIpc) is 2.17. The number of nitrogen functional groups attached to an aromatic ring is 1. The lowest BCUT2D eigenvalue weighted by atomic mass is 10.3. The molecule has 0 fully saturated rings. The summed E-state index contributed by atoms with van der Waals surface area (Å²) in [7, 11) is 0. The maximum absolute atomic E-state index is 11.2. The summed E-state index contributed by atoms with van der Waals surface area (Å²) in [5.74, 6) is 0.435. The van der Waals surface area contributed by atoms with Crippen LogP contribution in [-0.2, 0) is 4.79 Å². The van der Waals surface area contributed by atoms with Gasteiger partial charge in [0.05, 0.1) is 5.75 Å². The van der Waals surface area contributed by atoms with Gasteiger partial charge in [0.15, 0.2) is 0 Å². The van der Waals surface area contributed by atoms with E-state index in [4.69, 9.17) is 5.73 Å².